The van der Waals surface area contributed by atoms with Gasteiger partial charge < -0.3 is 0 Å². The molecule has 0 bridgehead atoms. The number of hydrogen-bond acceptors (Lipinski definition) is 1. The predicted molar refractivity (Wildman–Crippen MR) is 59.1 cm³/mol. The Balaban J connectivity index is 2.33. The van der Waals surface area contributed by atoms with Gasteiger partial charge in [-0.15, -0.1) is 11.6 Å². The lowest BCUT2D eigenvalue weighted by Gasteiger charge is -2.15. The Labute approximate surface area is 94.2 Å². The molecule has 1 aromatic rings. The zero-order valence-corrected chi connectivity index (χ0v) is 9.72. The van der Waals surface area contributed by atoms with Crippen molar-refractivity contribution in [1.29, 1.82) is 0 Å². The first-order valence-corrected chi connectivity index (χ1v) is 5.90. The lowest BCUT2D eigenvalue weighted by Crippen LogP contribution is -2.12. The molecule has 1 aliphatic carbocycles. The van der Waals surface area contributed by atoms with Gasteiger partial charge in [0.05, 0.1) is 16.9 Å². The summed E-state index contributed by atoms with van der Waals surface area (Å²) < 4.78 is 1.97. The Morgan fingerprint density at radius 2 is 2.36 bits per heavy atom. The molecular formula is C10H14Cl2N2. The molecule has 78 valence electrons. The van der Waals surface area contributed by atoms with Crippen LogP contribution in [0.3, 0.4) is 0 Å². The van der Waals surface area contributed by atoms with Crippen LogP contribution in [0.4, 0.5) is 0 Å². The van der Waals surface area contributed by atoms with Crippen LogP contribution >= 0.6 is 23.2 Å². The maximum absolute atomic E-state index is 6.27. The summed E-state index contributed by atoms with van der Waals surface area (Å²) in [6.45, 7) is 2.94. The highest BCUT2D eigenvalue weighted by molar-refractivity contribution is 6.31. The molecule has 2 atom stereocenters. The molecule has 1 heterocycles. The van der Waals surface area contributed by atoms with Gasteiger partial charge in [0.15, 0.2) is 0 Å². The van der Waals surface area contributed by atoms with Gasteiger partial charge in [-0.05, 0) is 19.8 Å². The summed E-state index contributed by atoms with van der Waals surface area (Å²) in [5, 5.41) is 5.24. The van der Waals surface area contributed by atoms with Crippen molar-refractivity contribution < 1.29 is 0 Å². The first-order chi connectivity index (χ1) is 6.74. The molecule has 4 heteroatoms. The molecule has 14 heavy (non-hydrogen) atoms. The normalized spacial score (nSPS) is 27.1. The molecular weight excluding hydrogens is 219 g/mol. The Morgan fingerprint density at radius 3 is 2.93 bits per heavy atom. The van der Waals surface area contributed by atoms with Crippen LogP contribution in [0.25, 0.3) is 0 Å². The van der Waals surface area contributed by atoms with E-state index in [1.165, 1.54) is 6.42 Å². The average Bonchev–Trinajstić information content (AvgIpc) is 2.72. The third-order valence-electron chi connectivity index (χ3n) is 2.92. The van der Waals surface area contributed by atoms with Crippen molar-refractivity contribution in [1.82, 2.24) is 9.78 Å². The first kappa shape index (κ1) is 10.3. The van der Waals surface area contributed by atoms with Gasteiger partial charge in [-0.3, -0.25) is 4.68 Å². The van der Waals surface area contributed by atoms with Gasteiger partial charge in [0.2, 0.25) is 0 Å². The summed E-state index contributed by atoms with van der Waals surface area (Å²) >= 11 is 12.4. The van der Waals surface area contributed by atoms with Crippen LogP contribution in [-0.4, -0.2) is 15.2 Å². The van der Waals surface area contributed by atoms with E-state index in [2.05, 4.69) is 12.0 Å². The molecule has 0 amide bonds. The topological polar surface area (TPSA) is 17.8 Å². The predicted octanol–water partition coefficient (Wildman–Crippen LogP) is 3.43. The van der Waals surface area contributed by atoms with E-state index in [1.807, 2.05) is 4.68 Å². The van der Waals surface area contributed by atoms with E-state index in [-0.39, 0.29) is 5.38 Å². The van der Waals surface area contributed by atoms with Crippen molar-refractivity contribution in [3.63, 3.8) is 0 Å². The average molecular weight is 233 g/mol. The van der Waals surface area contributed by atoms with E-state index < -0.39 is 0 Å². The maximum Gasteiger partial charge on any atom is 0.0821 e. The minimum Gasteiger partial charge on any atom is -0.268 e. The highest BCUT2D eigenvalue weighted by Crippen LogP contribution is 2.40. The van der Waals surface area contributed by atoms with Gasteiger partial charge in [0, 0.05) is 17.8 Å². The molecule has 2 unspecified atom stereocenters. The second-order valence-electron chi connectivity index (χ2n) is 3.75. The number of nitrogens with zero attached hydrogens (tertiary/aromatic N) is 2. The van der Waals surface area contributed by atoms with Crippen molar-refractivity contribution >= 4 is 23.2 Å². The van der Waals surface area contributed by atoms with Gasteiger partial charge in [0.1, 0.15) is 0 Å². The summed E-state index contributed by atoms with van der Waals surface area (Å²) in [5.74, 6) is 0.395. The summed E-state index contributed by atoms with van der Waals surface area (Å²) in [5.41, 5.74) is 1.13. The Hall–Kier alpha value is -0.210. The second kappa shape index (κ2) is 4.11. The quantitative estimate of drug-likeness (QED) is 0.715. The SMILES string of the molecule is CCn1ncc(Cl)c1C1CCCC1Cl. The molecule has 1 aromatic heterocycles. The lowest BCUT2D eigenvalue weighted by molar-refractivity contribution is 0.571. The second-order valence-corrected chi connectivity index (χ2v) is 4.71. The van der Waals surface area contributed by atoms with Crippen molar-refractivity contribution in [3.05, 3.63) is 16.9 Å². The molecule has 0 spiro atoms. The van der Waals surface area contributed by atoms with Crippen LogP contribution < -0.4 is 0 Å². The maximum atomic E-state index is 6.27. The van der Waals surface area contributed by atoms with E-state index in [0.717, 1.165) is 30.1 Å². The van der Waals surface area contributed by atoms with Crippen molar-refractivity contribution in [2.24, 2.45) is 0 Å². The van der Waals surface area contributed by atoms with E-state index in [1.54, 1.807) is 6.20 Å². The molecule has 2 rings (SSSR count). The molecule has 1 saturated carbocycles. The van der Waals surface area contributed by atoms with Crippen molar-refractivity contribution in [2.45, 2.75) is 44.0 Å². The van der Waals surface area contributed by atoms with Gasteiger partial charge in [-0.25, -0.2) is 0 Å². The molecule has 0 aromatic carbocycles. The minimum atomic E-state index is 0.231. The van der Waals surface area contributed by atoms with Crippen LogP contribution in [0.15, 0.2) is 6.20 Å². The highest BCUT2D eigenvalue weighted by Gasteiger charge is 2.31. The van der Waals surface area contributed by atoms with Crippen LogP contribution in [0.2, 0.25) is 5.02 Å². The third-order valence-corrected chi connectivity index (χ3v) is 3.73. The lowest BCUT2D eigenvalue weighted by atomic mass is 10.0. The van der Waals surface area contributed by atoms with Crippen LogP contribution in [0, 0.1) is 0 Å². The fraction of sp³-hybridized carbons (Fsp3) is 0.700. The zero-order valence-electron chi connectivity index (χ0n) is 8.21. The summed E-state index contributed by atoms with van der Waals surface area (Å²) in [6, 6.07) is 0. The number of hydrogen-bond donors (Lipinski definition) is 0. The minimum absolute atomic E-state index is 0.231. The fourth-order valence-electron chi connectivity index (χ4n) is 2.22. The van der Waals surface area contributed by atoms with Crippen molar-refractivity contribution in [2.75, 3.05) is 0 Å². The number of aromatic nitrogens is 2. The number of aryl methyl sites for hydroxylation is 1. The van der Waals surface area contributed by atoms with Gasteiger partial charge in [-0.2, -0.15) is 5.10 Å². The summed E-state index contributed by atoms with van der Waals surface area (Å²) in [7, 11) is 0. The Morgan fingerprint density at radius 1 is 1.57 bits per heavy atom. The molecule has 0 saturated heterocycles. The Bertz CT molecular complexity index is 322. The molecule has 2 nitrogen and oxygen atoms in total. The van der Waals surface area contributed by atoms with Gasteiger partial charge in [-0.1, -0.05) is 18.0 Å². The molecule has 1 aliphatic rings. The van der Waals surface area contributed by atoms with E-state index in [9.17, 15) is 0 Å². The highest BCUT2D eigenvalue weighted by atomic mass is 35.5. The van der Waals surface area contributed by atoms with Gasteiger partial charge >= 0.3 is 0 Å². The first-order valence-electron chi connectivity index (χ1n) is 5.09. The summed E-state index contributed by atoms with van der Waals surface area (Å²) in [6.07, 6.45) is 5.16. The van der Waals surface area contributed by atoms with Crippen LogP contribution in [-0.2, 0) is 6.54 Å². The standard InChI is InChI=1S/C10H14Cl2N2/c1-2-14-10(9(12)6-13-14)7-4-3-5-8(7)11/h6-8H,2-5H2,1H3. The third kappa shape index (κ3) is 1.66. The van der Waals surface area contributed by atoms with Crippen molar-refractivity contribution in [3.8, 4) is 0 Å². The number of halogens is 2. The molecule has 0 N–H and O–H groups in total. The molecule has 0 radical (unpaired) electrons. The monoisotopic (exact) mass is 232 g/mol. The van der Waals surface area contributed by atoms with E-state index >= 15 is 0 Å². The largest absolute Gasteiger partial charge is 0.268 e. The van der Waals surface area contributed by atoms with Crippen LogP contribution in [0.1, 0.15) is 37.8 Å². The smallest absolute Gasteiger partial charge is 0.0821 e. The Kier molecular flexibility index (Phi) is 3.03. The number of rotatable bonds is 2. The summed E-state index contributed by atoms with van der Waals surface area (Å²) in [4.78, 5) is 0. The van der Waals surface area contributed by atoms with Gasteiger partial charge in [0.25, 0.3) is 0 Å². The van der Waals surface area contributed by atoms with E-state index in [0.29, 0.717) is 5.92 Å². The zero-order chi connectivity index (χ0) is 10.1. The molecule has 0 aliphatic heterocycles. The number of alkyl halides is 1. The van der Waals surface area contributed by atoms with Crippen LogP contribution in [0.5, 0.6) is 0 Å². The fourth-order valence-corrected chi connectivity index (χ4v) is 2.90. The van der Waals surface area contributed by atoms with E-state index in [4.69, 9.17) is 23.2 Å². The molecule has 1 fully saturated rings.